The third-order valence-electron chi connectivity index (χ3n) is 1.81. The van der Waals surface area contributed by atoms with Crippen LogP contribution in [0.25, 0.3) is 0 Å². The van der Waals surface area contributed by atoms with Crippen molar-refractivity contribution in [3.63, 3.8) is 0 Å². The molecule has 1 N–H and O–H groups in total. The molecule has 0 radical (unpaired) electrons. The second kappa shape index (κ2) is 6.13. The molecule has 0 aliphatic heterocycles. The number of aliphatic hydroxyl groups is 1. The molecule has 0 aliphatic carbocycles. The van der Waals surface area contributed by atoms with E-state index in [1.807, 2.05) is 6.92 Å². The Kier molecular flexibility index (Phi) is 5.05. The van der Waals surface area contributed by atoms with Gasteiger partial charge in [0, 0.05) is 4.88 Å². The van der Waals surface area contributed by atoms with Crippen LogP contribution in [0.5, 0.6) is 0 Å². The maximum absolute atomic E-state index is 9.10. The van der Waals surface area contributed by atoms with Crippen molar-refractivity contribution in [2.75, 3.05) is 6.61 Å². The van der Waals surface area contributed by atoms with Crippen LogP contribution in [-0.2, 0) is 11.2 Å². The van der Waals surface area contributed by atoms with Gasteiger partial charge in [0.2, 0.25) is 0 Å². The van der Waals surface area contributed by atoms with Gasteiger partial charge in [-0.05, 0) is 30.7 Å². The molecule has 1 aromatic rings. The van der Waals surface area contributed by atoms with Crippen molar-refractivity contribution in [1.82, 2.24) is 0 Å². The molecule has 1 atom stereocenters. The predicted molar refractivity (Wildman–Crippen MR) is 54.9 cm³/mol. The third kappa shape index (κ3) is 4.41. The largest absolute Gasteiger partial charge is 0.368 e. The Balaban J connectivity index is 2.02. The summed E-state index contributed by atoms with van der Waals surface area (Å²) in [6.07, 6.45) is 2.12. The molecule has 0 aromatic carbocycles. The molecule has 0 saturated carbocycles. The third-order valence-corrected chi connectivity index (χ3v) is 2.74. The summed E-state index contributed by atoms with van der Waals surface area (Å²) in [4.78, 5) is 1.38. The normalized spacial score (nSPS) is 13.1. The first-order valence-electron chi connectivity index (χ1n) is 4.65. The van der Waals surface area contributed by atoms with Gasteiger partial charge in [0.1, 0.15) is 0 Å². The molecular formula is C10H16O2S. The summed E-state index contributed by atoms with van der Waals surface area (Å²) in [5.41, 5.74) is 0. The number of thiophene rings is 1. The summed E-state index contributed by atoms with van der Waals surface area (Å²) < 4.78 is 5.15. The van der Waals surface area contributed by atoms with Gasteiger partial charge >= 0.3 is 0 Å². The van der Waals surface area contributed by atoms with Crippen molar-refractivity contribution < 1.29 is 9.84 Å². The molecule has 0 bridgehead atoms. The lowest BCUT2D eigenvalue weighted by molar-refractivity contribution is -0.100. The molecule has 1 heterocycles. The topological polar surface area (TPSA) is 29.5 Å². The summed E-state index contributed by atoms with van der Waals surface area (Å²) in [7, 11) is 0. The lowest BCUT2D eigenvalue weighted by Gasteiger charge is -2.08. The van der Waals surface area contributed by atoms with Gasteiger partial charge in [0.25, 0.3) is 0 Å². The fourth-order valence-electron chi connectivity index (χ4n) is 1.04. The number of aryl methyl sites for hydroxylation is 1. The van der Waals surface area contributed by atoms with Crippen LogP contribution in [-0.4, -0.2) is 18.0 Å². The Morgan fingerprint density at radius 3 is 3.08 bits per heavy atom. The van der Waals surface area contributed by atoms with Crippen LogP contribution in [0.15, 0.2) is 17.5 Å². The van der Waals surface area contributed by atoms with E-state index in [1.165, 1.54) is 4.88 Å². The van der Waals surface area contributed by atoms with Crippen LogP contribution in [0.1, 0.15) is 24.6 Å². The van der Waals surface area contributed by atoms with Crippen LogP contribution < -0.4 is 0 Å². The van der Waals surface area contributed by atoms with Crippen molar-refractivity contribution in [1.29, 1.82) is 0 Å². The number of ether oxygens (including phenoxy) is 1. The average molecular weight is 200 g/mol. The summed E-state index contributed by atoms with van der Waals surface area (Å²) in [6.45, 7) is 2.55. The molecule has 1 unspecified atom stereocenters. The van der Waals surface area contributed by atoms with Gasteiger partial charge in [-0.25, -0.2) is 0 Å². The molecule has 0 amide bonds. The highest BCUT2D eigenvalue weighted by Crippen LogP contribution is 2.10. The van der Waals surface area contributed by atoms with Gasteiger partial charge in [-0.15, -0.1) is 11.3 Å². The first-order valence-corrected chi connectivity index (χ1v) is 5.53. The van der Waals surface area contributed by atoms with Crippen molar-refractivity contribution in [3.8, 4) is 0 Å². The van der Waals surface area contributed by atoms with Gasteiger partial charge < -0.3 is 9.84 Å². The molecule has 2 nitrogen and oxygen atoms in total. The van der Waals surface area contributed by atoms with Crippen LogP contribution in [0.2, 0.25) is 0 Å². The molecule has 1 aromatic heterocycles. The SMILES string of the molecule is CCC(O)OCCCc1cccs1. The highest BCUT2D eigenvalue weighted by Gasteiger charge is 1.99. The Morgan fingerprint density at radius 1 is 1.62 bits per heavy atom. The van der Waals surface area contributed by atoms with Crippen LogP contribution in [0.4, 0.5) is 0 Å². The van der Waals surface area contributed by atoms with Gasteiger partial charge in [-0.2, -0.15) is 0 Å². The lowest BCUT2D eigenvalue weighted by atomic mass is 10.3. The van der Waals surface area contributed by atoms with E-state index in [0.29, 0.717) is 13.0 Å². The number of hydrogen-bond acceptors (Lipinski definition) is 3. The van der Waals surface area contributed by atoms with E-state index in [-0.39, 0.29) is 0 Å². The predicted octanol–water partition coefficient (Wildman–Crippen LogP) is 2.43. The van der Waals surface area contributed by atoms with E-state index in [2.05, 4.69) is 17.5 Å². The highest BCUT2D eigenvalue weighted by atomic mass is 32.1. The zero-order valence-corrected chi connectivity index (χ0v) is 8.72. The second-order valence-corrected chi connectivity index (χ2v) is 3.95. The molecule has 3 heteroatoms. The van der Waals surface area contributed by atoms with E-state index in [9.17, 15) is 0 Å². The fraction of sp³-hybridized carbons (Fsp3) is 0.600. The average Bonchev–Trinajstić information content (AvgIpc) is 2.64. The van der Waals surface area contributed by atoms with Crippen LogP contribution >= 0.6 is 11.3 Å². The Morgan fingerprint density at radius 2 is 2.46 bits per heavy atom. The first kappa shape index (κ1) is 10.7. The van der Waals surface area contributed by atoms with Gasteiger partial charge in [-0.3, -0.25) is 0 Å². The van der Waals surface area contributed by atoms with Crippen molar-refractivity contribution >= 4 is 11.3 Å². The fourth-order valence-corrected chi connectivity index (χ4v) is 1.79. The maximum atomic E-state index is 9.10. The van der Waals surface area contributed by atoms with Crippen LogP contribution in [0, 0.1) is 0 Å². The van der Waals surface area contributed by atoms with E-state index < -0.39 is 6.29 Å². The molecule has 0 aliphatic rings. The second-order valence-electron chi connectivity index (χ2n) is 2.92. The number of aliphatic hydroxyl groups excluding tert-OH is 1. The highest BCUT2D eigenvalue weighted by molar-refractivity contribution is 7.09. The molecule has 13 heavy (non-hydrogen) atoms. The maximum Gasteiger partial charge on any atom is 0.154 e. The zero-order valence-electron chi connectivity index (χ0n) is 7.90. The van der Waals surface area contributed by atoms with Crippen molar-refractivity contribution in [3.05, 3.63) is 22.4 Å². The smallest absolute Gasteiger partial charge is 0.154 e. The Labute approximate surface area is 83.2 Å². The monoisotopic (exact) mass is 200 g/mol. The molecule has 74 valence electrons. The van der Waals surface area contributed by atoms with Gasteiger partial charge in [-0.1, -0.05) is 13.0 Å². The number of rotatable bonds is 6. The van der Waals surface area contributed by atoms with Gasteiger partial charge in [0.05, 0.1) is 6.61 Å². The molecule has 1 rings (SSSR count). The van der Waals surface area contributed by atoms with Crippen molar-refractivity contribution in [2.45, 2.75) is 32.5 Å². The Bertz CT molecular complexity index is 209. The van der Waals surface area contributed by atoms with Gasteiger partial charge in [0.15, 0.2) is 6.29 Å². The quantitative estimate of drug-likeness (QED) is 0.564. The minimum absolute atomic E-state index is 0.580. The summed E-state index contributed by atoms with van der Waals surface area (Å²) in [5.74, 6) is 0. The number of hydrogen-bond donors (Lipinski definition) is 1. The summed E-state index contributed by atoms with van der Waals surface area (Å²) >= 11 is 1.77. The summed E-state index contributed by atoms with van der Waals surface area (Å²) in [6, 6.07) is 4.18. The minimum Gasteiger partial charge on any atom is -0.368 e. The molecular weight excluding hydrogens is 184 g/mol. The van der Waals surface area contributed by atoms with E-state index in [1.54, 1.807) is 11.3 Å². The minimum atomic E-state index is -0.580. The first-order chi connectivity index (χ1) is 6.33. The summed E-state index contributed by atoms with van der Waals surface area (Å²) in [5, 5.41) is 11.2. The van der Waals surface area contributed by atoms with E-state index in [0.717, 1.165) is 12.8 Å². The van der Waals surface area contributed by atoms with Crippen LogP contribution in [0.3, 0.4) is 0 Å². The van der Waals surface area contributed by atoms with E-state index in [4.69, 9.17) is 9.84 Å². The Hall–Kier alpha value is -0.380. The van der Waals surface area contributed by atoms with Crippen molar-refractivity contribution in [2.24, 2.45) is 0 Å². The molecule has 0 fully saturated rings. The lowest BCUT2D eigenvalue weighted by Crippen LogP contribution is -2.11. The molecule has 0 saturated heterocycles. The zero-order chi connectivity index (χ0) is 9.52. The molecule has 0 spiro atoms. The standard InChI is InChI=1S/C10H16O2S/c1-2-10(11)12-7-3-5-9-6-4-8-13-9/h4,6,8,10-11H,2-3,5,7H2,1H3. The van der Waals surface area contributed by atoms with E-state index >= 15 is 0 Å².